The van der Waals surface area contributed by atoms with Crippen molar-refractivity contribution in [1.29, 1.82) is 0 Å². The SMILES string of the molecule is C=CC(=O)OCCCCCCOc1ccc(OC(=O)C2CCC(C3CCC(C(=O)Oc4ccc(OCCCCCCOC(=O)C=C)c(C=O)c4)CC3)CC2)cc1C=O. The monoisotopic (exact) mass is 802 g/mol. The number of rotatable bonds is 25. The lowest BCUT2D eigenvalue weighted by molar-refractivity contribution is -0.142. The predicted molar refractivity (Wildman–Crippen MR) is 216 cm³/mol. The van der Waals surface area contributed by atoms with Crippen LogP contribution < -0.4 is 18.9 Å². The molecule has 314 valence electrons. The smallest absolute Gasteiger partial charge is 0.330 e. The Morgan fingerprint density at radius 1 is 0.517 bits per heavy atom. The van der Waals surface area contributed by atoms with Gasteiger partial charge in [-0.15, -0.1) is 0 Å². The third-order valence-corrected chi connectivity index (χ3v) is 10.9. The highest BCUT2D eigenvalue weighted by atomic mass is 16.5. The largest absolute Gasteiger partial charge is 0.493 e. The van der Waals surface area contributed by atoms with Crippen molar-refractivity contribution in [2.24, 2.45) is 23.7 Å². The van der Waals surface area contributed by atoms with Crippen LogP contribution in [0.25, 0.3) is 0 Å². The second kappa shape index (κ2) is 25.2. The summed E-state index contributed by atoms with van der Waals surface area (Å²) in [4.78, 5) is 71.9. The number of esters is 4. The van der Waals surface area contributed by atoms with E-state index in [1.54, 1.807) is 24.3 Å². The van der Waals surface area contributed by atoms with E-state index in [1.807, 2.05) is 0 Å². The van der Waals surface area contributed by atoms with E-state index < -0.39 is 11.9 Å². The zero-order chi connectivity index (χ0) is 41.5. The summed E-state index contributed by atoms with van der Waals surface area (Å²) in [5.41, 5.74) is 0.640. The van der Waals surface area contributed by atoms with Crippen LogP contribution in [0.5, 0.6) is 23.0 Å². The molecule has 58 heavy (non-hydrogen) atoms. The van der Waals surface area contributed by atoms with Gasteiger partial charge in [-0.05, 0) is 151 Å². The first kappa shape index (κ1) is 45.4. The molecule has 2 fully saturated rings. The van der Waals surface area contributed by atoms with Crippen LogP contribution in [0.3, 0.4) is 0 Å². The van der Waals surface area contributed by atoms with Crippen LogP contribution in [0, 0.1) is 23.7 Å². The van der Waals surface area contributed by atoms with Crippen LogP contribution in [-0.4, -0.2) is 62.9 Å². The Kier molecular flexibility index (Phi) is 19.7. The van der Waals surface area contributed by atoms with Crippen molar-refractivity contribution < 1.29 is 57.2 Å². The summed E-state index contributed by atoms with van der Waals surface area (Å²) in [7, 11) is 0. The summed E-state index contributed by atoms with van der Waals surface area (Å²) < 4.78 is 32.9. The lowest BCUT2D eigenvalue weighted by atomic mass is 9.69. The molecule has 12 nitrogen and oxygen atoms in total. The first-order valence-electron chi connectivity index (χ1n) is 20.7. The maximum atomic E-state index is 13.1. The lowest BCUT2D eigenvalue weighted by Gasteiger charge is -2.36. The molecule has 0 spiro atoms. The predicted octanol–water partition coefficient (Wildman–Crippen LogP) is 8.77. The van der Waals surface area contributed by atoms with E-state index in [-0.39, 0.29) is 23.8 Å². The zero-order valence-electron chi connectivity index (χ0n) is 33.5. The van der Waals surface area contributed by atoms with E-state index in [0.717, 1.165) is 115 Å². The Morgan fingerprint density at radius 2 is 0.879 bits per heavy atom. The van der Waals surface area contributed by atoms with E-state index in [9.17, 15) is 28.8 Å². The summed E-state index contributed by atoms with van der Waals surface area (Å²) in [6.07, 6.45) is 16.9. The van der Waals surface area contributed by atoms with Crippen LogP contribution in [-0.2, 0) is 28.7 Å². The lowest BCUT2D eigenvalue weighted by Crippen LogP contribution is -2.32. The van der Waals surface area contributed by atoms with Gasteiger partial charge < -0.3 is 28.4 Å². The van der Waals surface area contributed by atoms with Gasteiger partial charge in [-0.3, -0.25) is 19.2 Å². The molecule has 0 heterocycles. The highest BCUT2D eigenvalue weighted by Crippen LogP contribution is 2.42. The first-order valence-corrected chi connectivity index (χ1v) is 20.7. The average Bonchev–Trinajstić information content (AvgIpc) is 3.25. The number of aldehydes is 2. The number of hydrogen-bond donors (Lipinski definition) is 0. The summed E-state index contributed by atoms with van der Waals surface area (Å²) in [5, 5.41) is 0. The molecule has 2 aromatic carbocycles. The number of benzene rings is 2. The van der Waals surface area contributed by atoms with Gasteiger partial charge in [0.2, 0.25) is 0 Å². The molecule has 12 heteroatoms. The van der Waals surface area contributed by atoms with Gasteiger partial charge in [-0.25, -0.2) is 9.59 Å². The molecular weight excluding hydrogens is 744 g/mol. The molecule has 2 aliphatic carbocycles. The van der Waals surface area contributed by atoms with Crippen molar-refractivity contribution in [1.82, 2.24) is 0 Å². The third kappa shape index (κ3) is 15.2. The van der Waals surface area contributed by atoms with Crippen molar-refractivity contribution in [2.75, 3.05) is 26.4 Å². The molecular formula is C46H58O12. The maximum Gasteiger partial charge on any atom is 0.330 e. The van der Waals surface area contributed by atoms with Gasteiger partial charge in [0, 0.05) is 12.2 Å². The van der Waals surface area contributed by atoms with Crippen LogP contribution in [0.4, 0.5) is 0 Å². The number of unbranched alkanes of at least 4 members (excludes halogenated alkanes) is 6. The van der Waals surface area contributed by atoms with Gasteiger partial charge in [0.1, 0.15) is 23.0 Å². The van der Waals surface area contributed by atoms with Crippen LogP contribution in [0.1, 0.15) is 123 Å². The fourth-order valence-corrected chi connectivity index (χ4v) is 7.62. The Labute approximate surface area is 341 Å². The normalized spacial score (nSPS) is 18.8. The molecule has 0 atom stereocenters. The molecule has 2 saturated carbocycles. The van der Waals surface area contributed by atoms with Crippen molar-refractivity contribution in [3.63, 3.8) is 0 Å². The maximum absolute atomic E-state index is 13.1. The molecule has 0 aliphatic heterocycles. The highest BCUT2D eigenvalue weighted by Gasteiger charge is 2.35. The van der Waals surface area contributed by atoms with Gasteiger partial charge in [-0.1, -0.05) is 13.2 Å². The topological polar surface area (TPSA) is 158 Å². The minimum absolute atomic E-state index is 0.210. The number of carbonyl (C=O) groups excluding carboxylic acids is 6. The quantitative estimate of drug-likeness (QED) is 0.0309. The minimum Gasteiger partial charge on any atom is -0.493 e. The van der Waals surface area contributed by atoms with Crippen molar-refractivity contribution in [3.8, 4) is 23.0 Å². The Bertz CT molecular complexity index is 1560. The molecule has 0 radical (unpaired) electrons. The summed E-state index contributed by atoms with van der Waals surface area (Å²) in [6.45, 7) is 8.31. The van der Waals surface area contributed by atoms with Crippen LogP contribution in [0.2, 0.25) is 0 Å². The summed E-state index contributed by atoms with van der Waals surface area (Å²) >= 11 is 0. The molecule has 0 unspecified atom stereocenters. The van der Waals surface area contributed by atoms with Gasteiger partial charge in [0.25, 0.3) is 0 Å². The Hall–Kier alpha value is -5.26. The second-order valence-electron chi connectivity index (χ2n) is 15.0. The molecule has 2 aliphatic rings. The van der Waals surface area contributed by atoms with Gasteiger partial charge in [-0.2, -0.15) is 0 Å². The van der Waals surface area contributed by atoms with Crippen LogP contribution in [0.15, 0.2) is 61.7 Å². The fraction of sp³-hybridized carbons (Fsp3) is 0.522. The standard InChI is InChI=1S/C46H58O12/c1-3-43(49)55-27-11-7-5-9-25-53-41-23-21-39(29-37(41)31-47)57-45(51)35-17-13-33(14-18-35)34-15-19-36(20-16-34)46(52)58-40-22-24-42(38(30-40)32-48)54-26-10-6-8-12-28-56-44(50)4-2/h3-4,21-24,29-36H,1-2,5-20,25-28H2. The molecule has 2 aromatic rings. The molecule has 0 N–H and O–H groups in total. The third-order valence-electron chi connectivity index (χ3n) is 10.9. The van der Waals surface area contributed by atoms with E-state index in [2.05, 4.69) is 13.2 Å². The number of carbonyl (C=O) groups is 6. The Balaban J connectivity index is 1.11. The van der Waals surface area contributed by atoms with E-state index in [0.29, 0.717) is 85.0 Å². The van der Waals surface area contributed by atoms with E-state index >= 15 is 0 Å². The summed E-state index contributed by atoms with van der Waals surface area (Å²) in [5.74, 6) is 0.638. The molecule has 0 aromatic heterocycles. The highest BCUT2D eigenvalue weighted by molar-refractivity contribution is 5.83. The Morgan fingerprint density at radius 3 is 1.22 bits per heavy atom. The zero-order valence-corrected chi connectivity index (χ0v) is 33.5. The van der Waals surface area contributed by atoms with Gasteiger partial charge in [0.05, 0.1) is 49.4 Å². The van der Waals surface area contributed by atoms with E-state index in [1.165, 1.54) is 12.1 Å². The fourth-order valence-electron chi connectivity index (χ4n) is 7.62. The average molecular weight is 803 g/mol. The molecule has 4 rings (SSSR count). The first-order chi connectivity index (χ1) is 28.2. The van der Waals surface area contributed by atoms with E-state index in [4.69, 9.17) is 28.4 Å². The van der Waals surface area contributed by atoms with Crippen molar-refractivity contribution in [2.45, 2.75) is 103 Å². The molecule has 0 bridgehead atoms. The van der Waals surface area contributed by atoms with Gasteiger partial charge in [0.15, 0.2) is 12.6 Å². The van der Waals surface area contributed by atoms with Crippen molar-refractivity contribution >= 4 is 36.4 Å². The number of ether oxygens (including phenoxy) is 6. The minimum atomic E-state index is -0.423. The number of hydrogen-bond acceptors (Lipinski definition) is 12. The summed E-state index contributed by atoms with van der Waals surface area (Å²) in [6, 6.07) is 9.68. The second-order valence-corrected chi connectivity index (χ2v) is 15.0. The van der Waals surface area contributed by atoms with Crippen molar-refractivity contribution in [3.05, 3.63) is 72.8 Å². The molecule has 0 saturated heterocycles. The van der Waals surface area contributed by atoms with Crippen LogP contribution >= 0.6 is 0 Å². The molecule has 0 amide bonds. The van der Waals surface area contributed by atoms with Gasteiger partial charge >= 0.3 is 23.9 Å².